The summed E-state index contributed by atoms with van der Waals surface area (Å²) < 4.78 is 0. The Bertz CT molecular complexity index is 1240. The second kappa shape index (κ2) is 12.0. The fourth-order valence-corrected chi connectivity index (χ4v) is 5.17. The van der Waals surface area contributed by atoms with Crippen LogP contribution in [-0.4, -0.2) is 45.2 Å². The van der Waals surface area contributed by atoms with E-state index in [-0.39, 0.29) is 6.03 Å². The minimum absolute atomic E-state index is 0.135. The summed E-state index contributed by atoms with van der Waals surface area (Å²) in [6, 6.07) is 22.3. The number of urea groups is 1. The van der Waals surface area contributed by atoms with E-state index in [1.54, 1.807) is 29.7 Å². The summed E-state index contributed by atoms with van der Waals surface area (Å²) in [7, 11) is 0. The van der Waals surface area contributed by atoms with Gasteiger partial charge in [0, 0.05) is 29.9 Å². The van der Waals surface area contributed by atoms with E-state index in [0.29, 0.717) is 13.1 Å². The smallest absolute Gasteiger partial charge is 0.320 e. The van der Waals surface area contributed by atoms with Crippen molar-refractivity contribution in [2.24, 2.45) is 0 Å². The van der Waals surface area contributed by atoms with Crippen LogP contribution in [0.5, 0.6) is 0 Å². The Morgan fingerprint density at radius 3 is 2.51 bits per heavy atom. The van der Waals surface area contributed by atoms with Gasteiger partial charge in [0.25, 0.3) is 0 Å². The largest absolute Gasteiger partial charge is 0.322 e. The molecule has 2 heterocycles. The Morgan fingerprint density at radius 1 is 1.00 bits per heavy atom. The van der Waals surface area contributed by atoms with E-state index in [2.05, 4.69) is 44.8 Å². The number of carbonyl (C=O) groups excluding carboxylic acids is 1. The molecule has 0 saturated carbocycles. The van der Waals surface area contributed by atoms with Crippen LogP contribution < -0.4 is 5.32 Å². The molecule has 0 radical (unpaired) electrons. The van der Waals surface area contributed by atoms with Crippen LogP contribution in [-0.2, 0) is 13.0 Å². The number of thioether (sulfide) groups is 2. The van der Waals surface area contributed by atoms with Crippen LogP contribution in [0.4, 0.5) is 10.5 Å². The third-order valence-electron chi connectivity index (χ3n) is 5.64. The molecule has 0 aliphatic carbocycles. The van der Waals surface area contributed by atoms with Crippen molar-refractivity contribution in [1.29, 1.82) is 0 Å². The van der Waals surface area contributed by atoms with Crippen LogP contribution >= 0.6 is 23.5 Å². The summed E-state index contributed by atoms with van der Waals surface area (Å²) in [4.78, 5) is 21.1. The van der Waals surface area contributed by atoms with Crippen LogP contribution in [0, 0.1) is 6.92 Å². The standard InChI is InChI=1S/C27H29N5OS2/c1-19-16-24(34-2)25(26(29-19)35-3)30-27(33)32(15-13-20-8-5-4-6-9-20)18-21-10-7-11-22(17-21)23-12-14-28-31-23/h4-12,14,16-17H,13,15,18H2,1-3H3,(H,28,31)(H,30,33). The molecule has 2 amide bonds. The van der Waals surface area contributed by atoms with Gasteiger partial charge in [-0.3, -0.25) is 5.10 Å². The molecule has 35 heavy (non-hydrogen) atoms. The molecule has 2 aromatic heterocycles. The summed E-state index contributed by atoms with van der Waals surface area (Å²) in [5.74, 6) is 0. The quantitative estimate of drug-likeness (QED) is 0.255. The Labute approximate surface area is 214 Å². The molecular weight excluding hydrogens is 474 g/mol. The van der Waals surface area contributed by atoms with E-state index in [9.17, 15) is 4.79 Å². The van der Waals surface area contributed by atoms with Gasteiger partial charge in [0.15, 0.2) is 0 Å². The normalized spacial score (nSPS) is 10.8. The average molecular weight is 504 g/mol. The highest BCUT2D eigenvalue weighted by Crippen LogP contribution is 2.34. The maximum absolute atomic E-state index is 13.6. The topological polar surface area (TPSA) is 73.9 Å². The highest BCUT2D eigenvalue weighted by molar-refractivity contribution is 7.99. The first-order chi connectivity index (χ1) is 17.1. The minimum Gasteiger partial charge on any atom is -0.320 e. The molecule has 0 atom stereocenters. The maximum Gasteiger partial charge on any atom is 0.322 e. The van der Waals surface area contributed by atoms with Crippen molar-refractivity contribution in [3.8, 4) is 11.3 Å². The number of carbonyl (C=O) groups is 1. The SMILES string of the molecule is CSc1cc(C)nc(SC)c1NC(=O)N(CCc1ccccc1)Cc1cccc(-c2ccn[nH]2)c1. The molecule has 8 heteroatoms. The van der Waals surface area contributed by atoms with Gasteiger partial charge < -0.3 is 10.2 Å². The van der Waals surface area contributed by atoms with E-state index < -0.39 is 0 Å². The Balaban J connectivity index is 1.59. The molecule has 4 aromatic rings. The fraction of sp³-hybridized carbons (Fsp3) is 0.222. The van der Waals surface area contributed by atoms with Crippen LogP contribution in [0.25, 0.3) is 11.3 Å². The first-order valence-electron chi connectivity index (χ1n) is 11.4. The van der Waals surface area contributed by atoms with E-state index in [4.69, 9.17) is 0 Å². The Hall–Kier alpha value is -3.23. The number of rotatable bonds is 9. The molecule has 0 bridgehead atoms. The maximum atomic E-state index is 13.6. The molecule has 2 aromatic carbocycles. The Kier molecular flexibility index (Phi) is 8.50. The third-order valence-corrected chi connectivity index (χ3v) is 7.08. The molecule has 0 saturated heterocycles. The van der Waals surface area contributed by atoms with E-state index in [1.165, 1.54) is 5.56 Å². The van der Waals surface area contributed by atoms with Gasteiger partial charge in [-0.25, -0.2) is 9.78 Å². The zero-order valence-corrected chi connectivity index (χ0v) is 21.7. The van der Waals surface area contributed by atoms with E-state index in [0.717, 1.165) is 44.5 Å². The number of anilines is 1. The number of hydrogen-bond acceptors (Lipinski definition) is 5. The molecule has 0 aliphatic rings. The summed E-state index contributed by atoms with van der Waals surface area (Å²) in [5.41, 5.74) is 5.96. The number of aromatic amines is 1. The van der Waals surface area contributed by atoms with Crippen molar-refractivity contribution in [3.05, 3.63) is 89.7 Å². The van der Waals surface area contributed by atoms with Crippen molar-refractivity contribution in [3.63, 3.8) is 0 Å². The van der Waals surface area contributed by atoms with Crippen molar-refractivity contribution < 1.29 is 4.79 Å². The van der Waals surface area contributed by atoms with Crippen molar-refractivity contribution in [1.82, 2.24) is 20.1 Å². The lowest BCUT2D eigenvalue weighted by atomic mass is 10.1. The van der Waals surface area contributed by atoms with Gasteiger partial charge in [0.05, 0.1) is 11.4 Å². The molecule has 0 fully saturated rings. The zero-order chi connectivity index (χ0) is 24.6. The highest BCUT2D eigenvalue weighted by atomic mass is 32.2. The monoisotopic (exact) mass is 503 g/mol. The molecule has 6 nitrogen and oxygen atoms in total. The average Bonchev–Trinajstić information content (AvgIpc) is 3.43. The lowest BCUT2D eigenvalue weighted by Gasteiger charge is -2.25. The molecule has 0 aliphatic heterocycles. The lowest BCUT2D eigenvalue weighted by molar-refractivity contribution is 0.209. The molecule has 4 rings (SSSR count). The van der Waals surface area contributed by atoms with E-state index in [1.807, 2.05) is 66.8 Å². The van der Waals surface area contributed by atoms with Crippen LogP contribution in [0.3, 0.4) is 0 Å². The second-order valence-electron chi connectivity index (χ2n) is 8.11. The number of aryl methyl sites for hydroxylation is 1. The molecular formula is C27H29N5OS2. The predicted molar refractivity (Wildman–Crippen MR) is 146 cm³/mol. The number of benzene rings is 2. The van der Waals surface area contributed by atoms with Crippen LogP contribution in [0.15, 0.2) is 82.8 Å². The van der Waals surface area contributed by atoms with Gasteiger partial charge in [-0.1, -0.05) is 48.5 Å². The van der Waals surface area contributed by atoms with Crippen LogP contribution in [0.1, 0.15) is 16.8 Å². The van der Waals surface area contributed by atoms with Gasteiger partial charge in [0.1, 0.15) is 5.03 Å². The zero-order valence-electron chi connectivity index (χ0n) is 20.1. The lowest BCUT2D eigenvalue weighted by Crippen LogP contribution is -2.36. The molecule has 0 unspecified atom stereocenters. The summed E-state index contributed by atoms with van der Waals surface area (Å²) >= 11 is 3.15. The number of hydrogen-bond donors (Lipinski definition) is 2. The molecule has 0 spiro atoms. The Morgan fingerprint density at radius 2 is 1.80 bits per heavy atom. The van der Waals surface area contributed by atoms with Crippen molar-refractivity contribution >= 4 is 35.2 Å². The van der Waals surface area contributed by atoms with Gasteiger partial charge in [-0.2, -0.15) is 5.10 Å². The van der Waals surface area contributed by atoms with Crippen LogP contribution in [0.2, 0.25) is 0 Å². The van der Waals surface area contributed by atoms with Gasteiger partial charge in [0.2, 0.25) is 0 Å². The summed E-state index contributed by atoms with van der Waals surface area (Å²) in [6.45, 7) is 3.06. The molecule has 2 N–H and O–H groups in total. The number of nitrogens with one attached hydrogen (secondary N) is 2. The third kappa shape index (κ3) is 6.46. The second-order valence-corrected chi connectivity index (χ2v) is 9.75. The minimum atomic E-state index is -0.135. The fourth-order valence-electron chi connectivity index (χ4n) is 3.86. The predicted octanol–water partition coefficient (Wildman–Crippen LogP) is 6.50. The number of H-pyrrole nitrogens is 1. The number of aromatic nitrogens is 3. The van der Waals surface area contributed by atoms with Gasteiger partial charge in [-0.15, -0.1) is 23.5 Å². The van der Waals surface area contributed by atoms with Gasteiger partial charge >= 0.3 is 6.03 Å². The number of nitrogens with zero attached hydrogens (tertiary/aromatic N) is 3. The number of amides is 2. The highest BCUT2D eigenvalue weighted by Gasteiger charge is 2.19. The summed E-state index contributed by atoms with van der Waals surface area (Å²) in [5, 5.41) is 11.1. The van der Waals surface area contributed by atoms with Crippen molar-refractivity contribution in [2.45, 2.75) is 29.8 Å². The molecule has 180 valence electrons. The van der Waals surface area contributed by atoms with E-state index >= 15 is 0 Å². The van der Waals surface area contributed by atoms with Gasteiger partial charge in [-0.05, 0) is 60.7 Å². The first-order valence-corrected chi connectivity index (χ1v) is 13.8. The summed E-state index contributed by atoms with van der Waals surface area (Å²) in [6.07, 6.45) is 6.51. The number of pyridine rings is 1. The van der Waals surface area contributed by atoms with Crippen molar-refractivity contribution in [2.75, 3.05) is 24.4 Å². The first kappa shape index (κ1) is 24.9.